The van der Waals surface area contributed by atoms with Gasteiger partial charge < -0.3 is 20.3 Å². The van der Waals surface area contributed by atoms with Crippen LogP contribution in [0.4, 0.5) is 10.5 Å². The lowest BCUT2D eigenvalue weighted by molar-refractivity contribution is -0.126. The summed E-state index contributed by atoms with van der Waals surface area (Å²) in [6.45, 7) is 3.84. The summed E-state index contributed by atoms with van der Waals surface area (Å²) in [6.07, 6.45) is 3.24. The van der Waals surface area contributed by atoms with E-state index in [0.29, 0.717) is 32.1 Å². The molecule has 1 aliphatic heterocycles. The zero-order valence-electron chi connectivity index (χ0n) is 16.1. The van der Waals surface area contributed by atoms with Crippen molar-refractivity contribution in [2.45, 2.75) is 26.3 Å². The lowest BCUT2D eigenvalue weighted by atomic mass is 9.97. The highest BCUT2D eigenvalue weighted by Gasteiger charge is 2.28. The van der Waals surface area contributed by atoms with E-state index in [1.165, 1.54) is 0 Å². The molecule has 2 N–H and O–H groups in total. The van der Waals surface area contributed by atoms with Crippen molar-refractivity contribution in [3.05, 3.63) is 54.2 Å². The van der Waals surface area contributed by atoms with Gasteiger partial charge >= 0.3 is 6.03 Å². The third-order valence-corrected chi connectivity index (χ3v) is 4.69. The lowest BCUT2D eigenvalue weighted by Crippen LogP contribution is -2.46. The van der Waals surface area contributed by atoms with Gasteiger partial charge in [-0.2, -0.15) is 0 Å². The largest absolute Gasteiger partial charge is 0.478 e. The van der Waals surface area contributed by atoms with E-state index in [-0.39, 0.29) is 17.9 Å². The van der Waals surface area contributed by atoms with Gasteiger partial charge in [0.2, 0.25) is 11.8 Å². The molecule has 1 aliphatic rings. The van der Waals surface area contributed by atoms with Crippen LogP contribution in [0.5, 0.6) is 5.88 Å². The Labute approximate surface area is 165 Å². The number of aromatic nitrogens is 1. The highest BCUT2D eigenvalue weighted by atomic mass is 16.5. The highest BCUT2D eigenvalue weighted by molar-refractivity contribution is 5.90. The Hall–Kier alpha value is -3.09. The number of amides is 3. The summed E-state index contributed by atoms with van der Waals surface area (Å²) in [6, 6.07) is 12.9. The minimum atomic E-state index is -0.220. The molecule has 1 atom stereocenters. The summed E-state index contributed by atoms with van der Waals surface area (Å²) in [5.41, 5.74) is 1.59. The number of carbonyl (C=O) groups excluding carboxylic acids is 2. The predicted molar refractivity (Wildman–Crippen MR) is 107 cm³/mol. The Kier molecular flexibility index (Phi) is 6.84. The molecule has 28 heavy (non-hydrogen) atoms. The third-order valence-electron chi connectivity index (χ3n) is 4.69. The molecule has 1 aromatic heterocycles. The number of likely N-dealkylation sites (tertiary alicyclic amines) is 1. The number of para-hydroxylation sites is 1. The van der Waals surface area contributed by atoms with Gasteiger partial charge in [0, 0.05) is 37.1 Å². The second kappa shape index (κ2) is 9.73. The smallest absolute Gasteiger partial charge is 0.321 e. The molecule has 3 amide bonds. The molecule has 148 valence electrons. The van der Waals surface area contributed by atoms with Crippen LogP contribution in [0.15, 0.2) is 48.7 Å². The number of anilines is 1. The number of urea groups is 1. The Morgan fingerprint density at radius 1 is 1.21 bits per heavy atom. The van der Waals surface area contributed by atoms with Crippen LogP contribution in [0.1, 0.15) is 25.3 Å². The van der Waals surface area contributed by atoms with Gasteiger partial charge in [-0.1, -0.05) is 24.3 Å². The molecule has 2 aromatic rings. The lowest BCUT2D eigenvalue weighted by Gasteiger charge is -2.32. The number of nitrogens with one attached hydrogen (secondary N) is 2. The van der Waals surface area contributed by atoms with Gasteiger partial charge in [0.15, 0.2) is 0 Å². The van der Waals surface area contributed by atoms with Crippen molar-refractivity contribution in [2.24, 2.45) is 5.92 Å². The summed E-state index contributed by atoms with van der Waals surface area (Å²) < 4.78 is 5.50. The van der Waals surface area contributed by atoms with Crippen LogP contribution < -0.4 is 15.4 Å². The molecule has 3 rings (SSSR count). The number of pyridine rings is 1. The molecule has 7 nitrogen and oxygen atoms in total. The van der Waals surface area contributed by atoms with Crippen LogP contribution >= 0.6 is 0 Å². The first-order valence-corrected chi connectivity index (χ1v) is 9.62. The standard InChI is InChI=1S/C21H26N4O3/c1-2-28-20-16(8-6-12-22-20)14-23-19(26)17-9-7-13-25(15-17)21(27)24-18-10-4-3-5-11-18/h3-6,8,10-12,17H,2,7,9,13-15H2,1H3,(H,23,26)(H,24,27). The van der Waals surface area contributed by atoms with E-state index in [1.807, 2.05) is 49.4 Å². The Morgan fingerprint density at radius 2 is 2.04 bits per heavy atom. The third kappa shape index (κ3) is 5.22. The van der Waals surface area contributed by atoms with Gasteiger partial charge in [-0.05, 0) is 38.0 Å². The summed E-state index contributed by atoms with van der Waals surface area (Å²) in [5, 5.41) is 5.84. The fourth-order valence-electron chi connectivity index (χ4n) is 3.25. The fourth-order valence-corrected chi connectivity index (χ4v) is 3.25. The van der Waals surface area contributed by atoms with Gasteiger partial charge in [-0.3, -0.25) is 4.79 Å². The Morgan fingerprint density at radius 3 is 2.82 bits per heavy atom. The van der Waals surface area contributed by atoms with Crippen LogP contribution in [0.25, 0.3) is 0 Å². The van der Waals surface area contributed by atoms with Gasteiger partial charge in [0.25, 0.3) is 0 Å². The molecular weight excluding hydrogens is 356 g/mol. The number of nitrogens with zero attached hydrogens (tertiary/aromatic N) is 2. The molecule has 1 aromatic carbocycles. The molecule has 0 spiro atoms. The van der Waals surface area contributed by atoms with E-state index in [2.05, 4.69) is 15.6 Å². The van der Waals surface area contributed by atoms with Crippen molar-refractivity contribution >= 4 is 17.6 Å². The van der Waals surface area contributed by atoms with Crippen LogP contribution in [0, 0.1) is 5.92 Å². The van der Waals surface area contributed by atoms with E-state index in [0.717, 1.165) is 24.1 Å². The summed E-state index contributed by atoms with van der Waals surface area (Å²) in [5.74, 6) is 0.267. The van der Waals surface area contributed by atoms with Crippen molar-refractivity contribution in [3.8, 4) is 5.88 Å². The number of benzene rings is 1. The topological polar surface area (TPSA) is 83.6 Å². The second-order valence-electron chi connectivity index (χ2n) is 6.70. The Balaban J connectivity index is 1.53. The van der Waals surface area contributed by atoms with Gasteiger partial charge in [-0.15, -0.1) is 0 Å². The van der Waals surface area contributed by atoms with Crippen molar-refractivity contribution in [3.63, 3.8) is 0 Å². The van der Waals surface area contributed by atoms with Gasteiger partial charge in [0.05, 0.1) is 12.5 Å². The highest BCUT2D eigenvalue weighted by Crippen LogP contribution is 2.19. The van der Waals surface area contributed by atoms with E-state index in [4.69, 9.17) is 4.74 Å². The predicted octanol–water partition coefficient (Wildman–Crippen LogP) is 3.04. The van der Waals surface area contributed by atoms with Crippen molar-refractivity contribution in [1.82, 2.24) is 15.2 Å². The monoisotopic (exact) mass is 382 g/mol. The Bertz CT molecular complexity index is 797. The van der Waals surface area contributed by atoms with Crippen LogP contribution in [-0.2, 0) is 11.3 Å². The summed E-state index contributed by atoms with van der Waals surface area (Å²) in [7, 11) is 0. The van der Waals surface area contributed by atoms with Crippen molar-refractivity contribution in [1.29, 1.82) is 0 Å². The van der Waals surface area contributed by atoms with Crippen molar-refractivity contribution in [2.75, 3.05) is 25.0 Å². The van der Waals surface area contributed by atoms with Crippen LogP contribution in [0.2, 0.25) is 0 Å². The van der Waals surface area contributed by atoms with Crippen LogP contribution in [0.3, 0.4) is 0 Å². The molecule has 7 heteroatoms. The molecule has 2 heterocycles. The van der Waals surface area contributed by atoms with Gasteiger partial charge in [0.1, 0.15) is 0 Å². The van der Waals surface area contributed by atoms with Gasteiger partial charge in [-0.25, -0.2) is 9.78 Å². The number of piperidine rings is 1. The summed E-state index contributed by atoms with van der Waals surface area (Å²) in [4.78, 5) is 31.0. The maximum atomic E-state index is 12.6. The molecule has 1 saturated heterocycles. The first-order chi connectivity index (χ1) is 13.7. The number of hydrogen-bond acceptors (Lipinski definition) is 4. The average molecular weight is 382 g/mol. The van der Waals surface area contributed by atoms with Crippen LogP contribution in [-0.4, -0.2) is 41.5 Å². The summed E-state index contributed by atoms with van der Waals surface area (Å²) >= 11 is 0. The fraction of sp³-hybridized carbons (Fsp3) is 0.381. The van der Waals surface area contributed by atoms with E-state index >= 15 is 0 Å². The normalized spacial score (nSPS) is 16.3. The van der Waals surface area contributed by atoms with E-state index in [9.17, 15) is 9.59 Å². The minimum Gasteiger partial charge on any atom is -0.478 e. The molecule has 1 fully saturated rings. The maximum Gasteiger partial charge on any atom is 0.321 e. The molecule has 0 bridgehead atoms. The average Bonchev–Trinajstić information content (AvgIpc) is 2.74. The molecule has 0 aliphatic carbocycles. The molecular formula is C21H26N4O3. The zero-order valence-corrected chi connectivity index (χ0v) is 16.1. The molecule has 0 radical (unpaired) electrons. The van der Waals surface area contributed by atoms with E-state index < -0.39 is 0 Å². The zero-order chi connectivity index (χ0) is 19.8. The van der Waals surface area contributed by atoms with Crippen molar-refractivity contribution < 1.29 is 14.3 Å². The second-order valence-corrected chi connectivity index (χ2v) is 6.70. The first-order valence-electron chi connectivity index (χ1n) is 9.62. The number of ether oxygens (including phenoxy) is 1. The molecule has 0 saturated carbocycles. The number of rotatable bonds is 6. The van der Waals surface area contributed by atoms with E-state index in [1.54, 1.807) is 11.1 Å². The number of hydrogen-bond donors (Lipinski definition) is 2. The quantitative estimate of drug-likeness (QED) is 0.804. The SMILES string of the molecule is CCOc1ncccc1CNC(=O)C1CCCN(C(=O)Nc2ccccc2)C1. The number of carbonyl (C=O) groups is 2. The maximum absolute atomic E-state index is 12.6. The first kappa shape index (κ1) is 19.7. The minimum absolute atomic E-state index is 0.0523. The molecule has 1 unspecified atom stereocenters.